The van der Waals surface area contributed by atoms with Crippen molar-refractivity contribution in [2.24, 2.45) is 0 Å². The van der Waals surface area contributed by atoms with E-state index in [9.17, 15) is 0 Å². The predicted molar refractivity (Wildman–Crippen MR) is 81.7 cm³/mol. The molecule has 0 saturated heterocycles. The summed E-state index contributed by atoms with van der Waals surface area (Å²) in [6.07, 6.45) is 1.08. The zero-order chi connectivity index (χ0) is 13.0. The highest BCUT2D eigenvalue weighted by molar-refractivity contribution is 5.95. The number of rotatable bonds is 0. The van der Waals surface area contributed by atoms with Crippen LogP contribution in [0.4, 0.5) is 0 Å². The van der Waals surface area contributed by atoms with E-state index in [2.05, 4.69) is 62.4 Å². The fraction of sp³-hybridized carbons (Fsp3) is 0.158. The summed E-state index contributed by atoms with van der Waals surface area (Å²) < 4.78 is 0. The largest absolute Gasteiger partial charge is 0.0616 e. The van der Waals surface area contributed by atoms with Gasteiger partial charge in [-0.1, -0.05) is 54.1 Å². The molecular formula is C19H16. The molecule has 0 fully saturated rings. The Kier molecular flexibility index (Phi) is 2.11. The lowest BCUT2D eigenvalue weighted by molar-refractivity contribution is 1.22. The van der Waals surface area contributed by atoms with Gasteiger partial charge in [0, 0.05) is 0 Å². The maximum Gasteiger partial charge on any atom is -0.000465 e. The molecule has 0 aliphatic heterocycles. The molecule has 0 bridgehead atoms. The van der Waals surface area contributed by atoms with Crippen LogP contribution in [0.1, 0.15) is 22.3 Å². The van der Waals surface area contributed by atoms with E-state index in [1.54, 1.807) is 0 Å². The fourth-order valence-electron chi connectivity index (χ4n) is 3.43. The first kappa shape index (κ1) is 10.8. The van der Waals surface area contributed by atoms with Crippen molar-refractivity contribution >= 4 is 10.8 Å². The third-order valence-electron chi connectivity index (χ3n) is 4.30. The Labute approximate surface area is 113 Å². The first-order valence-corrected chi connectivity index (χ1v) is 6.85. The topological polar surface area (TPSA) is 0 Å². The smallest absolute Gasteiger partial charge is 0.000465 e. The number of benzene rings is 3. The van der Waals surface area contributed by atoms with Crippen LogP contribution < -0.4 is 0 Å². The van der Waals surface area contributed by atoms with Crippen LogP contribution in [-0.2, 0) is 6.42 Å². The molecule has 19 heavy (non-hydrogen) atoms. The van der Waals surface area contributed by atoms with E-state index < -0.39 is 0 Å². The maximum absolute atomic E-state index is 2.34. The summed E-state index contributed by atoms with van der Waals surface area (Å²) in [6, 6.07) is 17.9. The Hall–Kier alpha value is -2.08. The Balaban J connectivity index is 2.09. The zero-order valence-electron chi connectivity index (χ0n) is 11.3. The first-order valence-electron chi connectivity index (χ1n) is 6.85. The molecule has 0 radical (unpaired) electrons. The van der Waals surface area contributed by atoms with E-state index in [-0.39, 0.29) is 0 Å². The van der Waals surface area contributed by atoms with Gasteiger partial charge in [-0.2, -0.15) is 0 Å². The molecule has 3 aromatic carbocycles. The lowest BCUT2D eigenvalue weighted by Gasteiger charge is -2.06. The second-order valence-electron chi connectivity index (χ2n) is 5.60. The van der Waals surface area contributed by atoms with Crippen molar-refractivity contribution in [3.8, 4) is 11.1 Å². The van der Waals surface area contributed by atoms with Crippen molar-refractivity contribution < 1.29 is 0 Å². The monoisotopic (exact) mass is 244 g/mol. The first-order chi connectivity index (χ1) is 9.24. The number of aryl methyl sites for hydroxylation is 2. The highest BCUT2D eigenvalue weighted by Crippen LogP contribution is 2.42. The van der Waals surface area contributed by atoms with Gasteiger partial charge in [-0.15, -0.1) is 0 Å². The van der Waals surface area contributed by atoms with Crippen LogP contribution in [0.25, 0.3) is 21.9 Å². The molecule has 4 rings (SSSR count). The van der Waals surface area contributed by atoms with Crippen LogP contribution in [0, 0.1) is 13.8 Å². The van der Waals surface area contributed by atoms with Gasteiger partial charge < -0.3 is 0 Å². The van der Waals surface area contributed by atoms with Gasteiger partial charge in [0.05, 0.1) is 0 Å². The minimum atomic E-state index is 1.08. The van der Waals surface area contributed by atoms with Crippen molar-refractivity contribution in [2.75, 3.05) is 0 Å². The van der Waals surface area contributed by atoms with Crippen molar-refractivity contribution in [3.63, 3.8) is 0 Å². The van der Waals surface area contributed by atoms with Crippen LogP contribution in [0.3, 0.4) is 0 Å². The highest BCUT2D eigenvalue weighted by Gasteiger charge is 2.21. The molecule has 92 valence electrons. The third-order valence-corrected chi connectivity index (χ3v) is 4.30. The lowest BCUT2D eigenvalue weighted by atomic mass is 9.98. The summed E-state index contributed by atoms with van der Waals surface area (Å²) in [6.45, 7) is 4.42. The molecule has 0 atom stereocenters. The van der Waals surface area contributed by atoms with Crippen molar-refractivity contribution in [1.29, 1.82) is 0 Å². The summed E-state index contributed by atoms with van der Waals surface area (Å²) in [7, 11) is 0. The Morgan fingerprint density at radius 2 is 1.63 bits per heavy atom. The fourth-order valence-corrected chi connectivity index (χ4v) is 3.43. The molecular weight excluding hydrogens is 228 g/mol. The van der Waals surface area contributed by atoms with Gasteiger partial charge in [0.1, 0.15) is 0 Å². The van der Waals surface area contributed by atoms with Crippen molar-refractivity contribution in [1.82, 2.24) is 0 Å². The van der Waals surface area contributed by atoms with E-state index in [0.29, 0.717) is 0 Å². The Morgan fingerprint density at radius 3 is 2.53 bits per heavy atom. The molecule has 0 unspecified atom stereocenters. The maximum atomic E-state index is 2.34. The third kappa shape index (κ3) is 1.46. The van der Waals surface area contributed by atoms with Gasteiger partial charge in [-0.3, -0.25) is 0 Å². The minimum Gasteiger partial charge on any atom is -0.0616 e. The van der Waals surface area contributed by atoms with Crippen LogP contribution in [-0.4, -0.2) is 0 Å². The average molecular weight is 244 g/mol. The van der Waals surface area contributed by atoms with Crippen LogP contribution in [0.2, 0.25) is 0 Å². The number of hydrogen-bond acceptors (Lipinski definition) is 0. The average Bonchev–Trinajstić information content (AvgIpc) is 2.78. The van der Waals surface area contributed by atoms with E-state index in [1.165, 1.54) is 44.2 Å². The van der Waals surface area contributed by atoms with Gasteiger partial charge in [-0.05, 0) is 58.9 Å². The number of fused-ring (bicyclic) bond motifs is 5. The van der Waals surface area contributed by atoms with Crippen molar-refractivity contribution in [2.45, 2.75) is 20.3 Å². The number of hydrogen-bond donors (Lipinski definition) is 0. The molecule has 3 aromatic rings. The molecule has 0 nitrogen and oxygen atoms in total. The highest BCUT2D eigenvalue weighted by atomic mass is 14.3. The van der Waals surface area contributed by atoms with E-state index in [1.807, 2.05) is 0 Å². The second kappa shape index (κ2) is 3.71. The molecule has 1 aliphatic carbocycles. The van der Waals surface area contributed by atoms with Gasteiger partial charge in [-0.25, -0.2) is 0 Å². The summed E-state index contributed by atoms with van der Waals surface area (Å²) in [5, 5.41) is 2.76. The van der Waals surface area contributed by atoms with Gasteiger partial charge >= 0.3 is 0 Å². The molecule has 0 spiro atoms. The summed E-state index contributed by atoms with van der Waals surface area (Å²) in [4.78, 5) is 0. The normalized spacial score (nSPS) is 12.5. The molecule has 0 heteroatoms. The SMILES string of the molecule is Cc1cc(C)c2c(c1)-c1ccc3ccccc3c1C2. The minimum absolute atomic E-state index is 1.08. The second-order valence-corrected chi connectivity index (χ2v) is 5.60. The standard InChI is InChI=1S/C19H16/c1-12-9-13(2)17-11-19-15-6-4-3-5-14(15)7-8-16(19)18(17)10-12/h3-10H,11H2,1-2H3. The molecule has 0 N–H and O–H groups in total. The zero-order valence-corrected chi connectivity index (χ0v) is 11.3. The van der Waals surface area contributed by atoms with Crippen LogP contribution in [0.15, 0.2) is 48.5 Å². The van der Waals surface area contributed by atoms with E-state index in [0.717, 1.165) is 6.42 Å². The van der Waals surface area contributed by atoms with Crippen molar-refractivity contribution in [3.05, 3.63) is 70.8 Å². The van der Waals surface area contributed by atoms with E-state index >= 15 is 0 Å². The molecule has 0 aromatic heterocycles. The molecule has 0 heterocycles. The predicted octanol–water partition coefficient (Wildman–Crippen LogP) is 5.03. The quantitative estimate of drug-likeness (QED) is 0.407. The molecule has 1 aliphatic rings. The summed E-state index contributed by atoms with van der Waals surface area (Å²) >= 11 is 0. The van der Waals surface area contributed by atoms with E-state index in [4.69, 9.17) is 0 Å². The van der Waals surface area contributed by atoms with Gasteiger partial charge in [0.2, 0.25) is 0 Å². The Bertz CT molecular complexity index is 810. The Morgan fingerprint density at radius 1 is 0.789 bits per heavy atom. The van der Waals surface area contributed by atoms with Gasteiger partial charge in [0.25, 0.3) is 0 Å². The molecule has 0 amide bonds. The van der Waals surface area contributed by atoms with Gasteiger partial charge in [0.15, 0.2) is 0 Å². The van der Waals surface area contributed by atoms with Crippen LogP contribution >= 0.6 is 0 Å². The van der Waals surface area contributed by atoms with Crippen LogP contribution in [0.5, 0.6) is 0 Å². The summed E-state index contributed by atoms with van der Waals surface area (Å²) in [5.41, 5.74) is 8.67. The summed E-state index contributed by atoms with van der Waals surface area (Å²) in [5.74, 6) is 0. The lowest BCUT2D eigenvalue weighted by Crippen LogP contribution is -1.87. The molecule has 0 saturated carbocycles.